The first-order valence-electron chi connectivity index (χ1n) is 4.51. The molecule has 1 N–H and O–H groups in total. The fraction of sp³-hybridized carbons (Fsp3) is 0.444. The highest BCUT2D eigenvalue weighted by Crippen LogP contribution is 2.08. The zero-order valence-corrected chi connectivity index (χ0v) is 9.54. The predicted octanol–water partition coefficient (Wildman–Crippen LogP) is 0.990. The monoisotopic (exact) mass is 230 g/mol. The molecule has 0 radical (unpaired) electrons. The molecule has 0 aliphatic carbocycles. The number of rotatable bonds is 5. The van der Waals surface area contributed by atoms with Crippen LogP contribution in [0.15, 0.2) is 18.3 Å². The number of nitrogens with one attached hydrogen (secondary N) is 1. The molecule has 84 valence electrons. The van der Waals surface area contributed by atoms with E-state index in [9.17, 15) is 8.42 Å². The van der Waals surface area contributed by atoms with Crippen molar-refractivity contribution in [2.24, 2.45) is 0 Å². The second-order valence-electron chi connectivity index (χ2n) is 3.05. The van der Waals surface area contributed by atoms with E-state index in [1.807, 2.05) is 6.92 Å². The highest BCUT2D eigenvalue weighted by Gasteiger charge is 2.01. The molecule has 0 bridgehead atoms. The van der Waals surface area contributed by atoms with Crippen LogP contribution in [0.2, 0.25) is 0 Å². The molecule has 0 unspecified atom stereocenters. The minimum atomic E-state index is -3.23. The zero-order valence-electron chi connectivity index (χ0n) is 8.73. The third-order valence-corrected chi connectivity index (χ3v) is 2.19. The summed E-state index contributed by atoms with van der Waals surface area (Å²) in [5, 5.41) is 0. The summed E-state index contributed by atoms with van der Waals surface area (Å²) in [6.45, 7) is 2.97. The SMILES string of the molecule is CCOCc1ccc(NS(C)(=O)=O)cn1. The lowest BCUT2D eigenvalue weighted by Crippen LogP contribution is -2.09. The molecule has 0 fully saturated rings. The lowest BCUT2D eigenvalue weighted by atomic mass is 10.3. The topological polar surface area (TPSA) is 68.3 Å². The van der Waals surface area contributed by atoms with Crippen molar-refractivity contribution in [2.75, 3.05) is 17.6 Å². The maximum Gasteiger partial charge on any atom is 0.229 e. The molecule has 5 nitrogen and oxygen atoms in total. The van der Waals surface area contributed by atoms with Gasteiger partial charge in [0.25, 0.3) is 0 Å². The molecule has 0 amide bonds. The van der Waals surface area contributed by atoms with E-state index in [4.69, 9.17) is 4.74 Å². The van der Waals surface area contributed by atoms with Gasteiger partial charge in [-0.1, -0.05) is 0 Å². The molecule has 0 saturated heterocycles. The average Bonchev–Trinajstić information content (AvgIpc) is 2.14. The van der Waals surface area contributed by atoms with Crippen LogP contribution in [0, 0.1) is 0 Å². The molecule has 0 atom stereocenters. The molecular weight excluding hydrogens is 216 g/mol. The fourth-order valence-corrected chi connectivity index (χ4v) is 1.54. The Balaban J connectivity index is 2.64. The van der Waals surface area contributed by atoms with Gasteiger partial charge in [0.2, 0.25) is 10.0 Å². The van der Waals surface area contributed by atoms with Crippen molar-refractivity contribution < 1.29 is 13.2 Å². The van der Waals surface area contributed by atoms with E-state index in [1.165, 1.54) is 6.20 Å². The van der Waals surface area contributed by atoms with Crippen LogP contribution in [-0.2, 0) is 21.4 Å². The number of pyridine rings is 1. The van der Waals surface area contributed by atoms with Gasteiger partial charge in [-0.15, -0.1) is 0 Å². The number of ether oxygens (including phenoxy) is 1. The molecule has 0 aliphatic rings. The lowest BCUT2D eigenvalue weighted by Gasteiger charge is -2.04. The molecule has 1 aromatic rings. The van der Waals surface area contributed by atoms with Gasteiger partial charge in [-0.3, -0.25) is 9.71 Å². The van der Waals surface area contributed by atoms with Gasteiger partial charge in [0.15, 0.2) is 0 Å². The molecular formula is C9H14N2O3S. The number of aromatic nitrogens is 1. The van der Waals surface area contributed by atoms with Gasteiger partial charge in [-0.2, -0.15) is 0 Å². The highest BCUT2D eigenvalue weighted by atomic mass is 32.2. The highest BCUT2D eigenvalue weighted by molar-refractivity contribution is 7.92. The summed E-state index contributed by atoms with van der Waals surface area (Å²) < 4.78 is 29.3. The Kier molecular flexibility index (Phi) is 4.05. The van der Waals surface area contributed by atoms with Gasteiger partial charge in [-0.05, 0) is 19.1 Å². The van der Waals surface area contributed by atoms with Crippen molar-refractivity contribution in [3.05, 3.63) is 24.0 Å². The average molecular weight is 230 g/mol. The quantitative estimate of drug-likeness (QED) is 0.819. The van der Waals surface area contributed by atoms with E-state index in [-0.39, 0.29) is 0 Å². The summed E-state index contributed by atoms with van der Waals surface area (Å²) in [6, 6.07) is 3.38. The van der Waals surface area contributed by atoms with Crippen molar-refractivity contribution in [2.45, 2.75) is 13.5 Å². The van der Waals surface area contributed by atoms with Crippen molar-refractivity contribution in [1.29, 1.82) is 0 Å². The molecule has 1 aromatic heterocycles. The number of hydrogen-bond acceptors (Lipinski definition) is 4. The number of anilines is 1. The Bertz CT molecular complexity index is 400. The Labute approximate surface area is 89.5 Å². The van der Waals surface area contributed by atoms with Crippen molar-refractivity contribution >= 4 is 15.7 Å². The van der Waals surface area contributed by atoms with Crippen LogP contribution >= 0.6 is 0 Å². The molecule has 0 spiro atoms. The van der Waals surface area contributed by atoms with Crippen molar-refractivity contribution in [3.63, 3.8) is 0 Å². The molecule has 1 heterocycles. The standard InChI is InChI=1S/C9H14N2O3S/c1-3-14-7-9-5-4-8(6-10-9)11-15(2,12)13/h4-6,11H,3,7H2,1-2H3. The Morgan fingerprint density at radius 2 is 2.20 bits per heavy atom. The molecule has 0 saturated carbocycles. The molecule has 6 heteroatoms. The number of sulfonamides is 1. The number of nitrogens with zero attached hydrogens (tertiary/aromatic N) is 1. The normalized spacial score (nSPS) is 11.3. The van der Waals surface area contributed by atoms with E-state index in [1.54, 1.807) is 12.1 Å². The molecule has 0 aliphatic heterocycles. The van der Waals surface area contributed by atoms with Gasteiger partial charge >= 0.3 is 0 Å². The minimum Gasteiger partial charge on any atom is -0.375 e. The third kappa shape index (κ3) is 4.75. The van der Waals surface area contributed by atoms with E-state index >= 15 is 0 Å². The Morgan fingerprint density at radius 1 is 1.47 bits per heavy atom. The minimum absolute atomic E-state index is 0.440. The summed E-state index contributed by atoms with van der Waals surface area (Å²) in [4.78, 5) is 4.05. The zero-order chi connectivity index (χ0) is 11.3. The smallest absolute Gasteiger partial charge is 0.229 e. The van der Waals surface area contributed by atoms with Crippen LogP contribution in [0.3, 0.4) is 0 Å². The second kappa shape index (κ2) is 5.09. The largest absolute Gasteiger partial charge is 0.375 e. The predicted molar refractivity (Wildman–Crippen MR) is 58.0 cm³/mol. The van der Waals surface area contributed by atoms with E-state index in [2.05, 4.69) is 9.71 Å². The first-order valence-corrected chi connectivity index (χ1v) is 6.41. The first kappa shape index (κ1) is 11.9. The van der Waals surface area contributed by atoms with Crippen LogP contribution in [0.4, 0.5) is 5.69 Å². The van der Waals surface area contributed by atoms with Gasteiger partial charge in [0.1, 0.15) is 0 Å². The Hall–Kier alpha value is -1.14. The van der Waals surface area contributed by atoms with Gasteiger partial charge in [-0.25, -0.2) is 8.42 Å². The molecule has 1 rings (SSSR count). The summed E-state index contributed by atoms with van der Waals surface area (Å²) in [7, 11) is -3.23. The van der Waals surface area contributed by atoms with Gasteiger partial charge in [0, 0.05) is 6.61 Å². The maximum atomic E-state index is 10.9. The van der Waals surface area contributed by atoms with Crippen LogP contribution in [0.5, 0.6) is 0 Å². The second-order valence-corrected chi connectivity index (χ2v) is 4.80. The summed E-state index contributed by atoms with van der Waals surface area (Å²) >= 11 is 0. The van der Waals surface area contributed by atoms with Crippen molar-refractivity contribution in [3.8, 4) is 0 Å². The lowest BCUT2D eigenvalue weighted by molar-refractivity contribution is 0.131. The molecule has 15 heavy (non-hydrogen) atoms. The first-order chi connectivity index (χ1) is 7.01. The van der Waals surface area contributed by atoms with Crippen LogP contribution in [0.25, 0.3) is 0 Å². The van der Waals surface area contributed by atoms with Gasteiger partial charge in [0.05, 0.1) is 30.4 Å². The summed E-state index contributed by atoms with van der Waals surface area (Å²) in [5.74, 6) is 0. The van der Waals surface area contributed by atoms with E-state index in [0.717, 1.165) is 11.9 Å². The van der Waals surface area contributed by atoms with Crippen LogP contribution < -0.4 is 4.72 Å². The third-order valence-electron chi connectivity index (χ3n) is 1.58. The van der Waals surface area contributed by atoms with Crippen LogP contribution in [-0.4, -0.2) is 26.3 Å². The Morgan fingerprint density at radius 3 is 2.67 bits per heavy atom. The summed E-state index contributed by atoms with van der Waals surface area (Å²) in [5.41, 5.74) is 1.23. The van der Waals surface area contributed by atoms with Crippen molar-refractivity contribution in [1.82, 2.24) is 4.98 Å². The number of hydrogen-bond donors (Lipinski definition) is 1. The molecule has 0 aromatic carbocycles. The van der Waals surface area contributed by atoms with E-state index in [0.29, 0.717) is 18.9 Å². The summed E-state index contributed by atoms with van der Waals surface area (Å²) in [6.07, 6.45) is 2.57. The van der Waals surface area contributed by atoms with E-state index < -0.39 is 10.0 Å². The fourth-order valence-electron chi connectivity index (χ4n) is 0.991. The van der Waals surface area contributed by atoms with Crippen LogP contribution in [0.1, 0.15) is 12.6 Å². The van der Waals surface area contributed by atoms with Gasteiger partial charge < -0.3 is 4.74 Å². The maximum absolute atomic E-state index is 10.9.